The minimum absolute atomic E-state index is 0.0257. The number of hydrogen-bond acceptors (Lipinski definition) is 6. The summed E-state index contributed by atoms with van der Waals surface area (Å²) >= 11 is 7.40. The number of benzene rings is 2. The molecule has 0 aliphatic heterocycles. The Balaban J connectivity index is 1.71. The second-order valence-corrected chi connectivity index (χ2v) is 8.45. The van der Waals surface area contributed by atoms with Crippen LogP contribution in [0.2, 0.25) is 5.02 Å². The van der Waals surface area contributed by atoms with Crippen molar-refractivity contribution in [2.75, 3.05) is 7.11 Å². The molecule has 0 saturated heterocycles. The fourth-order valence-corrected chi connectivity index (χ4v) is 4.22. The lowest BCUT2D eigenvalue weighted by Gasteiger charge is -2.14. The van der Waals surface area contributed by atoms with Gasteiger partial charge in [0.1, 0.15) is 5.75 Å². The summed E-state index contributed by atoms with van der Waals surface area (Å²) in [5.41, 5.74) is 2.30. The van der Waals surface area contributed by atoms with E-state index in [1.807, 2.05) is 47.9 Å². The van der Waals surface area contributed by atoms with Crippen LogP contribution in [0.5, 0.6) is 5.75 Å². The summed E-state index contributed by atoms with van der Waals surface area (Å²) in [6.07, 6.45) is 3.42. The minimum atomic E-state index is -0.384. The molecule has 8 heteroatoms. The van der Waals surface area contributed by atoms with E-state index in [1.165, 1.54) is 11.8 Å². The number of rotatable bonds is 7. The van der Waals surface area contributed by atoms with Crippen molar-refractivity contribution in [2.45, 2.75) is 17.3 Å². The van der Waals surface area contributed by atoms with Gasteiger partial charge in [-0.1, -0.05) is 35.5 Å². The zero-order chi connectivity index (χ0) is 21.8. The monoisotopic (exact) mass is 450 g/mol. The molecule has 0 radical (unpaired) electrons. The van der Waals surface area contributed by atoms with Gasteiger partial charge in [0.25, 0.3) is 0 Å². The Kier molecular flexibility index (Phi) is 6.34. The number of aromatic nitrogens is 4. The van der Waals surface area contributed by atoms with Gasteiger partial charge in [0, 0.05) is 34.2 Å². The normalized spacial score (nSPS) is 11.8. The number of thioether (sulfide) groups is 1. The Morgan fingerprint density at radius 2 is 1.81 bits per heavy atom. The third kappa shape index (κ3) is 4.62. The molecule has 0 N–H and O–H groups in total. The lowest BCUT2D eigenvalue weighted by molar-refractivity contribution is 0.0994. The van der Waals surface area contributed by atoms with Gasteiger partial charge in [-0.3, -0.25) is 14.3 Å². The zero-order valence-electron chi connectivity index (χ0n) is 16.9. The first kappa shape index (κ1) is 21.1. The quantitative estimate of drug-likeness (QED) is 0.279. The first-order chi connectivity index (χ1) is 15.1. The number of carbonyl (C=O) groups is 1. The second-order valence-electron chi connectivity index (χ2n) is 6.71. The molecule has 1 unspecified atom stereocenters. The molecule has 0 aliphatic rings. The van der Waals surface area contributed by atoms with Crippen LogP contribution in [-0.4, -0.2) is 37.9 Å². The Hall–Kier alpha value is -3.16. The zero-order valence-corrected chi connectivity index (χ0v) is 18.5. The second kappa shape index (κ2) is 9.32. The molecule has 4 rings (SSSR count). The van der Waals surface area contributed by atoms with Crippen molar-refractivity contribution in [1.29, 1.82) is 0 Å². The first-order valence-corrected chi connectivity index (χ1v) is 10.8. The minimum Gasteiger partial charge on any atom is -0.497 e. The maximum Gasteiger partial charge on any atom is 0.196 e. The lowest BCUT2D eigenvalue weighted by atomic mass is 10.1. The summed E-state index contributed by atoms with van der Waals surface area (Å²) in [5, 5.41) is 9.55. The van der Waals surface area contributed by atoms with Gasteiger partial charge >= 0.3 is 0 Å². The molecule has 2 aromatic heterocycles. The van der Waals surface area contributed by atoms with Gasteiger partial charge in [0.05, 0.1) is 12.4 Å². The third-order valence-electron chi connectivity index (χ3n) is 4.66. The van der Waals surface area contributed by atoms with Crippen molar-refractivity contribution < 1.29 is 9.53 Å². The van der Waals surface area contributed by atoms with Crippen molar-refractivity contribution in [1.82, 2.24) is 19.7 Å². The topological polar surface area (TPSA) is 69.9 Å². The Morgan fingerprint density at radius 3 is 2.48 bits per heavy atom. The number of pyridine rings is 1. The number of carbonyl (C=O) groups excluding carboxylic acids is 1. The van der Waals surface area contributed by atoms with Crippen LogP contribution in [0.4, 0.5) is 0 Å². The maximum absolute atomic E-state index is 12.9. The lowest BCUT2D eigenvalue weighted by Crippen LogP contribution is -2.14. The molecular formula is C23H19ClN4O2S. The molecule has 0 saturated carbocycles. The van der Waals surface area contributed by atoms with Crippen LogP contribution >= 0.6 is 23.4 Å². The predicted molar refractivity (Wildman–Crippen MR) is 122 cm³/mol. The molecule has 1 atom stereocenters. The number of ketones is 1. The van der Waals surface area contributed by atoms with Crippen LogP contribution in [0.25, 0.3) is 17.1 Å². The van der Waals surface area contributed by atoms with Crippen molar-refractivity contribution in [2.24, 2.45) is 0 Å². The standard InChI is InChI=1S/C23H19ClN4O2S/c1-15(21(29)17-4-3-5-18(24)14-17)31-23-27-26-22(16-10-12-25-13-11-16)28(23)19-6-8-20(30-2)9-7-19/h3-15H,1-2H3. The first-order valence-electron chi connectivity index (χ1n) is 9.53. The molecule has 6 nitrogen and oxygen atoms in total. The molecule has 0 spiro atoms. The van der Waals surface area contributed by atoms with E-state index in [4.69, 9.17) is 16.3 Å². The molecule has 4 aromatic rings. The van der Waals surface area contributed by atoms with Crippen LogP contribution in [-0.2, 0) is 0 Å². The van der Waals surface area contributed by atoms with Crippen molar-refractivity contribution >= 4 is 29.1 Å². The van der Waals surface area contributed by atoms with E-state index in [1.54, 1.807) is 43.8 Å². The summed E-state index contributed by atoms with van der Waals surface area (Å²) in [7, 11) is 1.63. The predicted octanol–water partition coefficient (Wildman–Crippen LogP) is 5.35. The van der Waals surface area contributed by atoms with E-state index in [0.717, 1.165) is 17.0 Å². The summed E-state index contributed by atoms with van der Waals surface area (Å²) in [5.74, 6) is 1.39. The number of halogens is 1. The van der Waals surface area contributed by atoms with Gasteiger partial charge in [-0.05, 0) is 55.5 Å². The molecule has 0 fully saturated rings. The molecule has 0 amide bonds. The molecule has 2 heterocycles. The Bertz CT molecular complexity index is 1200. The number of Topliss-reactive ketones (excluding diaryl/α,β-unsaturated/α-hetero) is 1. The van der Waals surface area contributed by atoms with Crippen LogP contribution in [0.1, 0.15) is 17.3 Å². The van der Waals surface area contributed by atoms with E-state index in [2.05, 4.69) is 15.2 Å². The molecule has 0 bridgehead atoms. The fraction of sp³-hybridized carbons (Fsp3) is 0.130. The SMILES string of the molecule is COc1ccc(-n2c(SC(C)C(=O)c3cccc(Cl)c3)nnc2-c2ccncc2)cc1. The average Bonchev–Trinajstić information content (AvgIpc) is 3.22. The summed E-state index contributed by atoms with van der Waals surface area (Å²) < 4.78 is 7.21. The van der Waals surface area contributed by atoms with Crippen LogP contribution in [0, 0.1) is 0 Å². The van der Waals surface area contributed by atoms with Crippen molar-refractivity contribution in [3.05, 3.63) is 83.6 Å². The van der Waals surface area contributed by atoms with Crippen molar-refractivity contribution in [3.63, 3.8) is 0 Å². The van der Waals surface area contributed by atoms with Gasteiger partial charge in [0.15, 0.2) is 16.8 Å². The van der Waals surface area contributed by atoms with Crippen molar-refractivity contribution in [3.8, 4) is 22.8 Å². The molecular weight excluding hydrogens is 432 g/mol. The van der Waals surface area contributed by atoms with Gasteiger partial charge in [-0.15, -0.1) is 10.2 Å². The molecule has 156 valence electrons. The average molecular weight is 451 g/mol. The molecule has 2 aromatic carbocycles. The summed E-state index contributed by atoms with van der Waals surface area (Å²) in [4.78, 5) is 17.0. The van der Waals surface area contributed by atoms with Crippen LogP contribution < -0.4 is 4.74 Å². The highest BCUT2D eigenvalue weighted by atomic mass is 35.5. The maximum atomic E-state index is 12.9. The van der Waals surface area contributed by atoms with E-state index < -0.39 is 0 Å². The van der Waals surface area contributed by atoms with E-state index in [-0.39, 0.29) is 11.0 Å². The fourth-order valence-electron chi connectivity index (χ4n) is 3.09. The largest absolute Gasteiger partial charge is 0.497 e. The summed E-state index contributed by atoms with van der Waals surface area (Å²) in [6, 6.07) is 18.3. The Labute approximate surface area is 189 Å². The van der Waals surface area contributed by atoms with Gasteiger partial charge < -0.3 is 4.74 Å². The number of methoxy groups -OCH3 is 1. The highest BCUT2D eigenvalue weighted by molar-refractivity contribution is 8.00. The van der Waals surface area contributed by atoms with Gasteiger partial charge in [0.2, 0.25) is 0 Å². The highest BCUT2D eigenvalue weighted by Gasteiger charge is 2.23. The van der Waals surface area contributed by atoms with Crippen LogP contribution in [0.3, 0.4) is 0 Å². The smallest absolute Gasteiger partial charge is 0.196 e. The van der Waals surface area contributed by atoms with E-state index >= 15 is 0 Å². The van der Waals surface area contributed by atoms with E-state index in [0.29, 0.717) is 21.6 Å². The number of hydrogen-bond donors (Lipinski definition) is 0. The van der Waals surface area contributed by atoms with Gasteiger partial charge in [-0.2, -0.15) is 0 Å². The highest BCUT2D eigenvalue weighted by Crippen LogP contribution is 2.32. The number of nitrogens with zero attached hydrogens (tertiary/aromatic N) is 4. The van der Waals surface area contributed by atoms with E-state index in [9.17, 15) is 4.79 Å². The van der Waals surface area contributed by atoms with Crippen LogP contribution in [0.15, 0.2) is 78.2 Å². The molecule has 0 aliphatic carbocycles. The van der Waals surface area contributed by atoms with Gasteiger partial charge in [-0.25, -0.2) is 0 Å². The molecule has 31 heavy (non-hydrogen) atoms. The number of ether oxygens (including phenoxy) is 1. The summed E-state index contributed by atoms with van der Waals surface area (Å²) in [6.45, 7) is 1.85. The third-order valence-corrected chi connectivity index (χ3v) is 5.94. The Morgan fingerprint density at radius 1 is 1.06 bits per heavy atom.